The number of nitrogens with zero attached hydrogens (tertiary/aromatic N) is 3. The molecule has 5 nitrogen and oxygen atoms in total. The van der Waals surface area contributed by atoms with E-state index in [0.717, 1.165) is 37.9 Å². The Morgan fingerprint density at radius 1 is 1.16 bits per heavy atom. The molecule has 3 heterocycles. The number of aromatic nitrogens is 2. The van der Waals surface area contributed by atoms with E-state index in [1.54, 1.807) is 12.3 Å². The Morgan fingerprint density at radius 3 is 2.53 bits per heavy atom. The lowest BCUT2D eigenvalue weighted by Crippen LogP contribution is -2.66. The Morgan fingerprint density at radius 2 is 1.88 bits per heavy atom. The molecule has 1 aromatic heterocycles. The molecular formula is C25H29F2N3O2. The van der Waals surface area contributed by atoms with Gasteiger partial charge in [-0.25, -0.2) is 8.78 Å². The fourth-order valence-electron chi connectivity index (χ4n) is 6.05. The van der Waals surface area contributed by atoms with Crippen molar-refractivity contribution in [1.82, 2.24) is 15.1 Å². The van der Waals surface area contributed by atoms with Crippen LogP contribution >= 0.6 is 0 Å². The van der Waals surface area contributed by atoms with Crippen LogP contribution in [0.4, 0.5) is 8.78 Å². The highest BCUT2D eigenvalue weighted by atomic mass is 19.1. The third-order valence-corrected chi connectivity index (χ3v) is 8.43. The van der Waals surface area contributed by atoms with Gasteiger partial charge in [-0.1, -0.05) is 26.8 Å². The van der Waals surface area contributed by atoms with Crippen molar-refractivity contribution in [3.63, 3.8) is 0 Å². The molecule has 0 unspecified atom stereocenters. The fourth-order valence-corrected chi connectivity index (χ4v) is 6.05. The van der Waals surface area contributed by atoms with E-state index in [4.69, 9.17) is 4.74 Å². The topological polar surface area (TPSA) is 55.3 Å². The summed E-state index contributed by atoms with van der Waals surface area (Å²) in [5, 5.41) is 8.06. The molecule has 1 spiro atoms. The van der Waals surface area contributed by atoms with Crippen LogP contribution in [-0.2, 0) is 9.53 Å². The van der Waals surface area contributed by atoms with Crippen molar-refractivity contribution >= 4 is 5.91 Å². The summed E-state index contributed by atoms with van der Waals surface area (Å²) < 4.78 is 34.5. The first-order valence-electron chi connectivity index (χ1n) is 11.4. The lowest BCUT2D eigenvalue weighted by Gasteiger charge is -2.52. The van der Waals surface area contributed by atoms with Gasteiger partial charge in [-0.3, -0.25) is 4.79 Å². The zero-order valence-electron chi connectivity index (χ0n) is 18.8. The standard InChI is InChI=1S/C25H29F2N3O2/c1-23(2)17(16-12-20(29-28-13-16)21-18(26)6-4-7-19(21)27)8-10-24(23,3)22(31)30-14-25(15-30)9-5-11-32-25/h4,6-7,12-13,17H,5,8-11,14-15H2,1-3H3/t17-,24-/m1/s1. The van der Waals surface area contributed by atoms with Gasteiger partial charge < -0.3 is 9.64 Å². The molecule has 1 aliphatic carbocycles. The van der Waals surface area contributed by atoms with Gasteiger partial charge in [-0.15, -0.1) is 0 Å². The summed E-state index contributed by atoms with van der Waals surface area (Å²) in [5.74, 6) is -1.13. The van der Waals surface area contributed by atoms with E-state index >= 15 is 0 Å². The first-order valence-corrected chi connectivity index (χ1v) is 11.4. The van der Waals surface area contributed by atoms with Crippen LogP contribution < -0.4 is 0 Å². The van der Waals surface area contributed by atoms with Crippen LogP contribution in [0.3, 0.4) is 0 Å². The van der Waals surface area contributed by atoms with Gasteiger partial charge in [-0.2, -0.15) is 10.2 Å². The van der Waals surface area contributed by atoms with E-state index in [2.05, 4.69) is 31.0 Å². The van der Waals surface area contributed by atoms with Crippen LogP contribution in [0, 0.1) is 22.5 Å². The zero-order chi connectivity index (χ0) is 22.7. The minimum Gasteiger partial charge on any atom is -0.371 e. The number of ether oxygens (including phenoxy) is 1. The Kier molecular flexibility index (Phi) is 4.89. The normalized spacial score (nSPS) is 28.2. The molecule has 7 heteroatoms. The quantitative estimate of drug-likeness (QED) is 0.692. The molecule has 1 aromatic carbocycles. The Bertz CT molecular complexity index is 1040. The monoisotopic (exact) mass is 441 g/mol. The highest BCUT2D eigenvalue weighted by Crippen LogP contribution is 2.61. The maximum Gasteiger partial charge on any atom is 0.229 e. The summed E-state index contributed by atoms with van der Waals surface area (Å²) >= 11 is 0. The smallest absolute Gasteiger partial charge is 0.229 e. The first-order chi connectivity index (χ1) is 15.2. The van der Waals surface area contributed by atoms with Gasteiger partial charge >= 0.3 is 0 Å². The number of hydrogen-bond acceptors (Lipinski definition) is 4. The average Bonchev–Trinajstić information content (AvgIpc) is 3.31. The minimum atomic E-state index is -0.664. The molecule has 2 atom stereocenters. The third-order valence-electron chi connectivity index (χ3n) is 8.43. The number of amides is 1. The highest BCUT2D eigenvalue weighted by molar-refractivity contribution is 5.85. The number of likely N-dealkylation sites (tertiary alicyclic amines) is 1. The number of hydrogen-bond donors (Lipinski definition) is 0. The van der Waals surface area contributed by atoms with Gasteiger partial charge in [0, 0.05) is 6.61 Å². The molecule has 170 valence electrons. The van der Waals surface area contributed by atoms with E-state index in [1.807, 2.05) is 4.90 Å². The average molecular weight is 442 g/mol. The summed E-state index contributed by atoms with van der Waals surface area (Å²) in [6.07, 6.45) is 5.30. The largest absolute Gasteiger partial charge is 0.371 e. The van der Waals surface area contributed by atoms with E-state index in [-0.39, 0.29) is 34.1 Å². The maximum atomic E-state index is 14.3. The number of rotatable bonds is 3. The molecule has 3 aliphatic rings. The van der Waals surface area contributed by atoms with Crippen molar-refractivity contribution in [2.75, 3.05) is 19.7 Å². The van der Waals surface area contributed by atoms with E-state index < -0.39 is 17.0 Å². The number of benzene rings is 1. The second-order valence-electron chi connectivity index (χ2n) is 10.4. The molecule has 1 amide bonds. The lowest BCUT2D eigenvalue weighted by molar-refractivity contribution is -0.172. The summed E-state index contributed by atoms with van der Waals surface area (Å²) in [5.41, 5.74) is -0.154. The van der Waals surface area contributed by atoms with Crippen LogP contribution in [-0.4, -0.2) is 46.3 Å². The van der Waals surface area contributed by atoms with Gasteiger partial charge in [0.2, 0.25) is 5.91 Å². The fraction of sp³-hybridized carbons (Fsp3) is 0.560. The predicted octanol–water partition coefficient (Wildman–Crippen LogP) is 4.72. The molecular weight excluding hydrogens is 412 g/mol. The number of carbonyl (C=O) groups is 1. The molecule has 1 saturated carbocycles. The Balaban J connectivity index is 1.41. The van der Waals surface area contributed by atoms with Crippen LogP contribution in [0.1, 0.15) is 57.9 Å². The van der Waals surface area contributed by atoms with Gasteiger partial charge in [0.1, 0.15) is 17.2 Å². The first kappa shape index (κ1) is 21.4. The molecule has 0 N–H and O–H groups in total. The number of carbonyl (C=O) groups excluding carboxylic acids is 1. The minimum absolute atomic E-state index is 0.0264. The zero-order valence-corrected chi connectivity index (χ0v) is 18.8. The lowest BCUT2D eigenvalue weighted by atomic mass is 9.63. The Hall–Kier alpha value is -2.41. The van der Waals surface area contributed by atoms with Crippen LogP contribution in [0.25, 0.3) is 11.3 Å². The second kappa shape index (κ2) is 7.30. The van der Waals surface area contributed by atoms with E-state index in [0.29, 0.717) is 13.1 Å². The molecule has 32 heavy (non-hydrogen) atoms. The highest BCUT2D eigenvalue weighted by Gasteiger charge is 2.60. The summed E-state index contributed by atoms with van der Waals surface area (Å²) in [4.78, 5) is 15.5. The summed E-state index contributed by atoms with van der Waals surface area (Å²) in [6, 6.07) is 5.49. The van der Waals surface area contributed by atoms with Crippen LogP contribution in [0.5, 0.6) is 0 Å². The van der Waals surface area contributed by atoms with Gasteiger partial charge in [0.15, 0.2) is 0 Å². The van der Waals surface area contributed by atoms with Gasteiger partial charge in [0.05, 0.1) is 36.0 Å². The van der Waals surface area contributed by atoms with E-state index in [9.17, 15) is 13.6 Å². The van der Waals surface area contributed by atoms with Crippen LogP contribution in [0.15, 0.2) is 30.5 Å². The molecule has 2 saturated heterocycles. The molecule has 3 fully saturated rings. The third kappa shape index (κ3) is 3.08. The molecule has 2 aliphatic heterocycles. The van der Waals surface area contributed by atoms with Crippen molar-refractivity contribution in [3.8, 4) is 11.3 Å². The van der Waals surface area contributed by atoms with Crippen LogP contribution in [0.2, 0.25) is 0 Å². The van der Waals surface area contributed by atoms with E-state index in [1.165, 1.54) is 18.2 Å². The molecule has 0 radical (unpaired) electrons. The SMILES string of the molecule is CC1(C)[C@@H](c2cnnc(-c3c(F)cccc3F)c2)CC[C@]1(C)C(=O)N1CC2(CCCO2)C1. The van der Waals surface area contributed by atoms with Crippen molar-refractivity contribution in [2.45, 2.75) is 58.0 Å². The molecule has 5 rings (SSSR count). The maximum absolute atomic E-state index is 14.3. The van der Waals surface area contributed by atoms with Crippen molar-refractivity contribution < 1.29 is 18.3 Å². The predicted molar refractivity (Wildman–Crippen MR) is 116 cm³/mol. The van der Waals surface area contributed by atoms with Crippen molar-refractivity contribution in [2.24, 2.45) is 10.8 Å². The van der Waals surface area contributed by atoms with Crippen molar-refractivity contribution in [1.29, 1.82) is 0 Å². The summed E-state index contributed by atoms with van der Waals surface area (Å²) in [6.45, 7) is 8.43. The number of halogens is 2. The Labute approximate surface area is 187 Å². The van der Waals surface area contributed by atoms with Gasteiger partial charge in [-0.05, 0) is 60.8 Å². The second-order valence-corrected chi connectivity index (χ2v) is 10.4. The van der Waals surface area contributed by atoms with Gasteiger partial charge in [0.25, 0.3) is 0 Å². The molecule has 0 bridgehead atoms. The van der Waals surface area contributed by atoms with Crippen molar-refractivity contribution in [3.05, 3.63) is 47.7 Å². The summed E-state index contributed by atoms with van der Waals surface area (Å²) in [7, 11) is 0. The molecule has 2 aromatic rings.